The lowest BCUT2D eigenvalue weighted by atomic mass is 10.1. The summed E-state index contributed by atoms with van der Waals surface area (Å²) in [5, 5.41) is 3.78. The van der Waals surface area contributed by atoms with E-state index in [9.17, 15) is 4.79 Å². The minimum Gasteiger partial charge on any atom is -0.348 e. The summed E-state index contributed by atoms with van der Waals surface area (Å²) >= 11 is 6.82. The van der Waals surface area contributed by atoms with E-state index < -0.39 is 0 Å². The molecule has 0 saturated carbocycles. The van der Waals surface area contributed by atoms with Gasteiger partial charge in [-0.1, -0.05) is 51.8 Å². The highest BCUT2D eigenvalue weighted by atomic mass is 79.9. The van der Waals surface area contributed by atoms with Gasteiger partial charge in [0.1, 0.15) is 0 Å². The van der Waals surface area contributed by atoms with Crippen LogP contribution in [-0.2, 0) is 11.9 Å². The molecule has 0 fully saturated rings. The van der Waals surface area contributed by atoms with E-state index in [1.54, 1.807) is 0 Å². The van der Waals surface area contributed by atoms with Crippen molar-refractivity contribution in [2.24, 2.45) is 0 Å². The molecular weight excluding hydrogens is 382 g/mol. The first-order chi connectivity index (χ1) is 9.60. The summed E-state index contributed by atoms with van der Waals surface area (Å²) in [5.41, 5.74) is 4.05. The molecule has 2 nitrogen and oxygen atoms in total. The maximum atomic E-state index is 12.2. The molecule has 0 saturated heterocycles. The Labute approximate surface area is 135 Å². The van der Waals surface area contributed by atoms with Crippen LogP contribution in [0.4, 0.5) is 0 Å². The Kier molecular flexibility index (Phi) is 5.38. The molecule has 0 aliphatic carbocycles. The Balaban J connectivity index is 2.02. The summed E-state index contributed by atoms with van der Waals surface area (Å²) in [5.74, 6) is -0.0647. The predicted molar refractivity (Wildman–Crippen MR) is 89.1 cm³/mol. The van der Waals surface area contributed by atoms with Gasteiger partial charge in [0.25, 0.3) is 5.91 Å². The van der Waals surface area contributed by atoms with Crippen molar-refractivity contribution in [2.75, 3.05) is 0 Å². The van der Waals surface area contributed by atoms with Crippen molar-refractivity contribution in [3.8, 4) is 0 Å². The quantitative estimate of drug-likeness (QED) is 0.752. The van der Waals surface area contributed by atoms with E-state index in [-0.39, 0.29) is 5.91 Å². The maximum absolute atomic E-state index is 12.2. The number of hydrogen-bond donors (Lipinski definition) is 1. The third-order valence-corrected chi connectivity index (χ3v) is 4.34. The van der Waals surface area contributed by atoms with Gasteiger partial charge in [-0.3, -0.25) is 4.79 Å². The SMILES string of the molecule is Cc1ccc(Br)c(C(=O)NCc2ccc(CBr)cc2)c1. The Bertz CT molecular complexity index is 608. The number of carbonyl (C=O) groups is 1. The maximum Gasteiger partial charge on any atom is 0.252 e. The van der Waals surface area contributed by atoms with Crippen LogP contribution >= 0.6 is 31.9 Å². The molecule has 2 aromatic rings. The second-order valence-electron chi connectivity index (χ2n) is 4.62. The van der Waals surface area contributed by atoms with E-state index in [4.69, 9.17) is 0 Å². The molecule has 0 aliphatic heterocycles. The smallest absolute Gasteiger partial charge is 0.252 e. The highest BCUT2D eigenvalue weighted by molar-refractivity contribution is 9.10. The van der Waals surface area contributed by atoms with Gasteiger partial charge < -0.3 is 5.32 Å². The molecule has 0 spiro atoms. The van der Waals surface area contributed by atoms with Gasteiger partial charge in [0, 0.05) is 16.3 Å². The molecule has 2 rings (SSSR count). The largest absolute Gasteiger partial charge is 0.348 e. The van der Waals surface area contributed by atoms with E-state index in [2.05, 4.69) is 49.3 Å². The first kappa shape index (κ1) is 15.3. The van der Waals surface area contributed by atoms with Crippen LogP contribution in [0.3, 0.4) is 0 Å². The molecule has 0 heterocycles. The molecule has 20 heavy (non-hydrogen) atoms. The number of rotatable bonds is 4. The van der Waals surface area contributed by atoms with Crippen LogP contribution in [0.1, 0.15) is 27.0 Å². The van der Waals surface area contributed by atoms with E-state index in [0.717, 1.165) is 20.9 Å². The van der Waals surface area contributed by atoms with Gasteiger partial charge in [0.05, 0.1) is 5.56 Å². The summed E-state index contributed by atoms with van der Waals surface area (Å²) in [6.45, 7) is 2.50. The van der Waals surface area contributed by atoms with Crippen molar-refractivity contribution in [1.82, 2.24) is 5.32 Å². The molecule has 0 atom stereocenters. The number of carbonyl (C=O) groups excluding carboxylic acids is 1. The normalized spacial score (nSPS) is 10.3. The fourth-order valence-corrected chi connectivity index (χ4v) is 2.64. The van der Waals surface area contributed by atoms with Gasteiger partial charge in [0.2, 0.25) is 0 Å². The lowest BCUT2D eigenvalue weighted by Gasteiger charge is -2.08. The Morgan fingerprint density at radius 1 is 1.10 bits per heavy atom. The van der Waals surface area contributed by atoms with Crippen LogP contribution in [0, 0.1) is 6.92 Å². The average Bonchev–Trinajstić information content (AvgIpc) is 2.47. The standard InChI is InChI=1S/C16H15Br2NO/c1-11-2-7-15(18)14(8-11)16(20)19-10-13-5-3-12(9-17)4-6-13/h2-8H,9-10H2,1H3,(H,19,20). The van der Waals surface area contributed by atoms with Crippen LogP contribution in [0.15, 0.2) is 46.9 Å². The first-order valence-corrected chi connectivity index (χ1v) is 8.19. The molecule has 2 aromatic carbocycles. The number of aryl methyl sites for hydroxylation is 1. The third kappa shape index (κ3) is 3.93. The van der Waals surface area contributed by atoms with Crippen molar-refractivity contribution in [3.63, 3.8) is 0 Å². The molecule has 1 amide bonds. The predicted octanol–water partition coefficient (Wildman–Crippen LogP) is 4.58. The minimum atomic E-state index is -0.0647. The summed E-state index contributed by atoms with van der Waals surface area (Å²) in [6.07, 6.45) is 0. The molecule has 0 aromatic heterocycles. The fraction of sp³-hybridized carbons (Fsp3) is 0.188. The molecule has 0 aliphatic rings. The number of amides is 1. The van der Waals surface area contributed by atoms with Gasteiger partial charge in [-0.2, -0.15) is 0 Å². The highest BCUT2D eigenvalue weighted by Gasteiger charge is 2.09. The van der Waals surface area contributed by atoms with Crippen LogP contribution in [-0.4, -0.2) is 5.91 Å². The molecular formula is C16H15Br2NO. The molecule has 4 heteroatoms. The van der Waals surface area contributed by atoms with E-state index in [1.807, 2.05) is 37.3 Å². The van der Waals surface area contributed by atoms with Gasteiger partial charge in [-0.05, 0) is 46.1 Å². The number of alkyl halides is 1. The van der Waals surface area contributed by atoms with Crippen molar-refractivity contribution in [2.45, 2.75) is 18.8 Å². The van der Waals surface area contributed by atoms with Gasteiger partial charge >= 0.3 is 0 Å². The second kappa shape index (κ2) is 7.04. The van der Waals surface area contributed by atoms with Crippen LogP contribution < -0.4 is 5.32 Å². The third-order valence-electron chi connectivity index (χ3n) is 3.00. The van der Waals surface area contributed by atoms with Gasteiger partial charge in [-0.15, -0.1) is 0 Å². The summed E-state index contributed by atoms with van der Waals surface area (Å²) < 4.78 is 0.815. The Morgan fingerprint density at radius 2 is 1.75 bits per heavy atom. The number of nitrogens with one attached hydrogen (secondary N) is 1. The van der Waals surface area contributed by atoms with Crippen LogP contribution in [0.25, 0.3) is 0 Å². The zero-order chi connectivity index (χ0) is 14.5. The summed E-state index contributed by atoms with van der Waals surface area (Å²) in [7, 11) is 0. The Morgan fingerprint density at radius 3 is 2.40 bits per heavy atom. The van der Waals surface area contributed by atoms with E-state index in [0.29, 0.717) is 12.1 Å². The lowest BCUT2D eigenvalue weighted by molar-refractivity contribution is 0.0950. The fourth-order valence-electron chi connectivity index (χ4n) is 1.84. The molecule has 0 bridgehead atoms. The van der Waals surface area contributed by atoms with E-state index in [1.165, 1.54) is 5.56 Å². The monoisotopic (exact) mass is 395 g/mol. The zero-order valence-corrected chi connectivity index (χ0v) is 14.3. The van der Waals surface area contributed by atoms with Gasteiger partial charge in [-0.25, -0.2) is 0 Å². The molecule has 104 valence electrons. The van der Waals surface area contributed by atoms with Crippen LogP contribution in [0.2, 0.25) is 0 Å². The highest BCUT2D eigenvalue weighted by Crippen LogP contribution is 2.18. The molecule has 0 unspecified atom stereocenters. The summed E-state index contributed by atoms with van der Waals surface area (Å²) in [4.78, 5) is 12.2. The number of hydrogen-bond acceptors (Lipinski definition) is 1. The minimum absolute atomic E-state index is 0.0647. The first-order valence-electron chi connectivity index (χ1n) is 6.28. The van der Waals surface area contributed by atoms with Crippen molar-refractivity contribution in [1.29, 1.82) is 0 Å². The zero-order valence-electron chi connectivity index (χ0n) is 11.1. The van der Waals surface area contributed by atoms with Gasteiger partial charge in [0.15, 0.2) is 0 Å². The summed E-state index contributed by atoms with van der Waals surface area (Å²) in [6, 6.07) is 13.9. The van der Waals surface area contributed by atoms with Crippen molar-refractivity contribution < 1.29 is 4.79 Å². The van der Waals surface area contributed by atoms with Crippen LogP contribution in [0.5, 0.6) is 0 Å². The number of benzene rings is 2. The van der Waals surface area contributed by atoms with Crippen molar-refractivity contribution in [3.05, 3.63) is 69.2 Å². The topological polar surface area (TPSA) is 29.1 Å². The molecule has 1 N–H and O–H groups in total. The average molecular weight is 397 g/mol. The number of halogens is 2. The van der Waals surface area contributed by atoms with E-state index >= 15 is 0 Å². The lowest BCUT2D eigenvalue weighted by Crippen LogP contribution is -2.23. The Hall–Kier alpha value is -1.13. The second-order valence-corrected chi connectivity index (χ2v) is 6.03. The molecule has 0 radical (unpaired) electrons. The van der Waals surface area contributed by atoms with Crippen molar-refractivity contribution >= 4 is 37.8 Å².